The van der Waals surface area contributed by atoms with Gasteiger partial charge in [0, 0.05) is 18.5 Å². The molecule has 1 unspecified atom stereocenters. The van der Waals surface area contributed by atoms with Crippen LogP contribution in [0.3, 0.4) is 0 Å². The number of nitrogens with zero attached hydrogens (tertiary/aromatic N) is 1. The van der Waals surface area contributed by atoms with Gasteiger partial charge in [-0.1, -0.05) is 12.1 Å². The van der Waals surface area contributed by atoms with Gasteiger partial charge in [0.15, 0.2) is 11.5 Å². The summed E-state index contributed by atoms with van der Waals surface area (Å²) in [6.07, 6.45) is -5.51. The van der Waals surface area contributed by atoms with Crippen molar-refractivity contribution in [3.05, 3.63) is 59.4 Å². The standard InChI is InChI=1S/C23H23F4NO6/c1-30-19-11-15(5-6-18(19)31-9-10-33-23(25,26)27)21(29)28-8-7-22(20(13-28)32-14-34-22)16-3-2-4-17(24)12-16/h2-6,11-12,20H,7-10,13-14H2,1H3/t20?,22-/m1/s1/i14D2. The van der Waals surface area contributed by atoms with E-state index in [0.717, 1.165) is 0 Å². The lowest BCUT2D eigenvalue weighted by Crippen LogP contribution is -2.53. The lowest BCUT2D eigenvalue weighted by Gasteiger charge is -2.42. The molecular formula is C23H23F4NO6. The SMILES string of the molecule is [2H]C1([2H])OC2CN(C(=O)c3ccc(OCCOC(F)(F)F)c(OC)c3)CC[C@]2(c2cccc(F)c2)O1. The van der Waals surface area contributed by atoms with Crippen LogP contribution in [0, 0.1) is 5.82 Å². The number of methoxy groups -OCH3 is 1. The molecule has 2 aromatic carbocycles. The Labute approximate surface area is 195 Å². The Bertz CT molecular complexity index is 1120. The molecule has 2 atom stereocenters. The number of rotatable bonds is 7. The van der Waals surface area contributed by atoms with Crippen LogP contribution >= 0.6 is 0 Å². The molecule has 0 spiro atoms. The number of benzene rings is 2. The molecule has 0 N–H and O–H groups in total. The average Bonchev–Trinajstić information content (AvgIpc) is 3.11. The Morgan fingerprint density at radius 1 is 1.24 bits per heavy atom. The molecule has 0 aliphatic carbocycles. The minimum atomic E-state index is -4.77. The van der Waals surface area contributed by atoms with E-state index in [1.54, 1.807) is 6.07 Å². The number of carbonyl (C=O) groups excluding carboxylic acids is 1. The second-order valence-electron chi connectivity index (χ2n) is 7.70. The fourth-order valence-corrected chi connectivity index (χ4v) is 4.04. The molecular weight excluding hydrogens is 462 g/mol. The number of hydrogen-bond acceptors (Lipinski definition) is 6. The van der Waals surface area contributed by atoms with Gasteiger partial charge in [0.05, 0.1) is 23.0 Å². The molecule has 184 valence electrons. The third kappa shape index (κ3) is 5.11. The number of likely N-dealkylation sites (tertiary alicyclic amines) is 1. The second-order valence-corrected chi connectivity index (χ2v) is 7.70. The lowest BCUT2D eigenvalue weighted by molar-refractivity contribution is -0.325. The quantitative estimate of drug-likeness (QED) is 0.437. The van der Waals surface area contributed by atoms with Crippen molar-refractivity contribution in [1.29, 1.82) is 0 Å². The highest BCUT2D eigenvalue weighted by atomic mass is 19.4. The molecule has 0 radical (unpaired) electrons. The van der Waals surface area contributed by atoms with Crippen molar-refractivity contribution in [2.75, 3.05) is 40.2 Å². The van der Waals surface area contributed by atoms with Crippen LogP contribution in [0.25, 0.3) is 0 Å². The largest absolute Gasteiger partial charge is 0.522 e. The predicted octanol–water partition coefficient (Wildman–Crippen LogP) is 3.86. The third-order valence-electron chi connectivity index (χ3n) is 5.69. The minimum Gasteiger partial charge on any atom is -0.493 e. The number of ether oxygens (including phenoxy) is 5. The molecule has 2 heterocycles. The highest BCUT2D eigenvalue weighted by Crippen LogP contribution is 2.43. The Kier molecular flexibility index (Phi) is 6.21. The normalized spacial score (nSPS) is 24.7. The molecule has 0 aromatic heterocycles. The van der Waals surface area contributed by atoms with Gasteiger partial charge < -0.3 is 23.8 Å². The smallest absolute Gasteiger partial charge is 0.493 e. The van der Waals surface area contributed by atoms with Gasteiger partial charge in [-0.25, -0.2) is 4.39 Å². The molecule has 0 bridgehead atoms. The summed E-state index contributed by atoms with van der Waals surface area (Å²) in [7, 11) is 1.32. The van der Waals surface area contributed by atoms with Gasteiger partial charge >= 0.3 is 6.36 Å². The van der Waals surface area contributed by atoms with Gasteiger partial charge in [-0.3, -0.25) is 9.53 Å². The predicted molar refractivity (Wildman–Crippen MR) is 110 cm³/mol. The molecule has 34 heavy (non-hydrogen) atoms. The maximum absolute atomic E-state index is 13.9. The summed E-state index contributed by atoms with van der Waals surface area (Å²) in [5, 5.41) is 0. The van der Waals surface area contributed by atoms with Crippen molar-refractivity contribution >= 4 is 5.91 Å². The Balaban J connectivity index is 1.48. The minimum absolute atomic E-state index is 0.0236. The van der Waals surface area contributed by atoms with Crippen LogP contribution < -0.4 is 9.47 Å². The van der Waals surface area contributed by atoms with Gasteiger partial charge in [-0.2, -0.15) is 0 Å². The number of carbonyl (C=O) groups is 1. The van der Waals surface area contributed by atoms with E-state index in [-0.39, 0.29) is 36.6 Å². The summed E-state index contributed by atoms with van der Waals surface area (Å²) in [5.74, 6) is -0.654. The molecule has 2 aliphatic heterocycles. The van der Waals surface area contributed by atoms with Crippen LogP contribution in [0.2, 0.25) is 0 Å². The lowest BCUT2D eigenvalue weighted by atomic mass is 9.82. The fraction of sp³-hybridized carbons (Fsp3) is 0.435. The molecule has 4 rings (SSSR count). The van der Waals surface area contributed by atoms with Crippen LogP contribution in [0.4, 0.5) is 17.6 Å². The molecule has 2 aromatic rings. The first-order chi connectivity index (χ1) is 16.9. The van der Waals surface area contributed by atoms with E-state index in [2.05, 4.69) is 4.74 Å². The number of piperidine rings is 1. The number of fused-ring (bicyclic) bond motifs is 1. The van der Waals surface area contributed by atoms with Crippen molar-refractivity contribution in [2.45, 2.75) is 24.5 Å². The number of halogens is 4. The van der Waals surface area contributed by atoms with E-state index in [1.165, 1.54) is 48.4 Å². The summed E-state index contributed by atoms with van der Waals surface area (Å²) in [6, 6.07) is 9.87. The number of alkyl halides is 3. The maximum atomic E-state index is 13.9. The second kappa shape index (κ2) is 9.77. The van der Waals surface area contributed by atoms with E-state index < -0.39 is 49.8 Å². The van der Waals surface area contributed by atoms with E-state index in [1.807, 2.05) is 0 Å². The van der Waals surface area contributed by atoms with Crippen LogP contribution in [-0.4, -0.2) is 63.4 Å². The Morgan fingerprint density at radius 2 is 2.06 bits per heavy atom. The zero-order chi connectivity index (χ0) is 26.1. The van der Waals surface area contributed by atoms with E-state index >= 15 is 0 Å². The highest BCUT2D eigenvalue weighted by molar-refractivity contribution is 5.95. The van der Waals surface area contributed by atoms with Crippen LogP contribution in [0.1, 0.15) is 25.1 Å². The maximum Gasteiger partial charge on any atom is 0.522 e. The number of hydrogen-bond donors (Lipinski definition) is 0. The van der Waals surface area contributed by atoms with E-state index in [4.69, 9.17) is 21.7 Å². The summed E-state index contributed by atoms with van der Waals surface area (Å²) in [4.78, 5) is 14.7. The van der Waals surface area contributed by atoms with Crippen molar-refractivity contribution in [3.63, 3.8) is 0 Å². The van der Waals surface area contributed by atoms with E-state index in [9.17, 15) is 22.4 Å². The third-order valence-corrected chi connectivity index (χ3v) is 5.69. The zero-order valence-electron chi connectivity index (χ0n) is 20.1. The van der Waals surface area contributed by atoms with Gasteiger partial charge in [0.2, 0.25) is 0 Å². The van der Waals surface area contributed by atoms with Crippen molar-refractivity contribution in [1.82, 2.24) is 4.90 Å². The average molecular weight is 487 g/mol. The molecule has 11 heteroatoms. The summed E-state index contributed by atoms with van der Waals surface area (Å²) >= 11 is 0. The Hall–Kier alpha value is -2.89. The van der Waals surface area contributed by atoms with Gasteiger partial charge in [0.25, 0.3) is 5.91 Å². The summed E-state index contributed by atoms with van der Waals surface area (Å²) < 4.78 is 91.4. The summed E-state index contributed by atoms with van der Waals surface area (Å²) in [5.41, 5.74) is -0.638. The topological polar surface area (TPSA) is 66.5 Å². The molecule has 2 saturated heterocycles. The first-order valence-corrected chi connectivity index (χ1v) is 10.4. The highest BCUT2D eigenvalue weighted by Gasteiger charge is 2.51. The van der Waals surface area contributed by atoms with E-state index in [0.29, 0.717) is 5.56 Å². The van der Waals surface area contributed by atoms with Crippen molar-refractivity contribution in [3.8, 4) is 11.5 Å². The molecule has 2 fully saturated rings. The Morgan fingerprint density at radius 3 is 2.79 bits per heavy atom. The fourth-order valence-electron chi connectivity index (χ4n) is 4.04. The first-order valence-electron chi connectivity index (χ1n) is 11.4. The van der Waals surface area contributed by atoms with Crippen LogP contribution in [-0.2, 0) is 19.8 Å². The van der Waals surface area contributed by atoms with Crippen LogP contribution in [0.15, 0.2) is 42.5 Å². The van der Waals surface area contributed by atoms with Gasteiger partial charge in [-0.15, -0.1) is 13.2 Å². The zero-order valence-corrected chi connectivity index (χ0v) is 18.1. The number of amides is 1. The van der Waals surface area contributed by atoms with Gasteiger partial charge in [-0.05, 0) is 35.9 Å². The van der Waals surface area contributed by atoms with Crippen molar-refractivity contribution in [2.24, 2.45) is 0 Å². The van der Waals surface area contributed by atoms with Crippen LogP contribution in [0.5, 0.6) is 11.5 Å². The molecule has 7 nitrogen and oxygen atoms in total. The molecule has 1 amide bonds. The first kappa shape index (κ1) is 21.6. The van der Waals surface area contributed by atoms with Gasteiger partial charge in [0.1, 0.15) is 30.9 Å². The monoisotopic (exact) mass is 487 g/mol. The molecule has 0 saturated carbocycles. The molecule has 2 aliphatic rings. The van der Waals surface area contributed by atoms with Crippen molar-refractivity contribution < 1.29 is 48.8 Å². The summed E-state index contributed by atoms with van der Waals surface area (Å²) in [6.45, 7) is -3.39.